The zero-order valence-corrected chi connectivity index (χ0v) is 13.8. The number of rotatable bonds is 4. The Morgan fingerprint density at radius 1 is 1.00 bits per heavy atom. The van der Waals surface area contributed by atoms with Crippen LogP contribution in [0.5, 0.6) is 0 Å². The Bertz CT molecular complexity index is 782. The molecule has 0 saturated carbocycles. The fraction of sp³-hybridized carbons (Fsp3) is 0.0556. The van der Waals surface area contributed by atoms with Crippen LogP contribution in [0.15, 0.2) is 59.5 Å². The van der Waals surface area contributed by atoms with Crippen LogP contribution in [-0.2, 0) is 11.3 Å². The van der Waals surface area contributed by atoms with E-state index in [0.717, 1.165) is 17.4 Å². The molecule has 23 heavy (non-hydrogen) atoms. The van der Waals surface area contributed by atoms with E-state index in [-0.39, 0.29) is 5.91 Å². The molecule has 1 heterocycles. The average molecular weight is 339 g/mol. The van der Waals surface area contributed by atoms with E-state index >= 15 is 0 Å². The van der Waals surface area contributed by atoms with Gasteiger partial charge in [-0.3, -0.25) is 14.5 Å². The molecule has 1 aliphatic rings. The summed E-state index contributed by atoms with van der Waals surface area (Å²) in [6.07, 6.45) is 2.60. The largest absolute Gasteiger partial charge is 0.298 e. The van der Waals surface area contributed by atoms with E-state index in [1.807, 2.05) is 42.5 Å². The lowest BCUT2D eigenvalue weighted by molar-refractivity contribution is -0.122. The molecule has 0 bridgehead atoms. The van der Waals surface area contributed by atoms with Crippen molar-refractivity contribution in [1.82, 2.24) is 4.90 Å². The predicted molar refractivity (Wildman–Crippen MR) is 97.0 cm³/mol. The summed E-state index contributed by atoms with van der Waals surface area (Å²) in [5, 5.41) is 0. The van der Waals surface area contributed by atoms with Crippen LogP contribution in [0.1, 0.15) is 21.5 Å². The molecule has 114 valence electrons. The monoisotopic (exact) mass is 339 g/mol. The molecule has 0 spiro atoms. The molecule has 3 nitrogen and oxygen atoms in total. The molecule has 0 radical (unpaired) electrons. The third kappa shape index (κ3) is 3.57. The van der Waals surface area contributed by atoms with Crippen molar-refractivity contribution >= 4 is 46.6 Å². The number of hydrogen-bond acceptors (Lipinski definition) is 4. The smallest absolute Gasteiger partial charge is 0.266 e. The van der Waals surface area contributed by atoms with Crippen molar-refractivity contribution in [3.63, 3.8) is 0 Å². The van der Waals surface area contributed by atoms with Gasteiger partial charge in [0.05, 0.1) is 11.4 Å². The van der Waals surface area contributed by atoms with Gasteiger partial charge in [-0.1, -0.05) is 78.6 Å². The Kier molecular flexibility index (Phi) is 4.69. The zero-order valence-electron chi connectivity index (χ0n) is 12.1. The number of hydrogen-bond donors (Lipinski definition) is 0. The molecular weight excluding hydrogens is 326 g/mol. The minimum Gasteiger partial charge on any atom is -0.298 e. The van der Waals surface area contributed by atoms with Gasteiger partial charge in [0.2, 0.25) is 0 Å². The van der Waals surface area contributed by atoms with Crippen molar-refractivity contribution in [2.24, 2.45) is 0 Å². The third-order valence-electron chi connectivity index (χ3n) is 3.43. The van der Waals surface area contributed by atoms with Crippen LogP contribution >= 0.6 is 24.0 Å². The van der Waals surface area contributed by atoms with Crippen LogP contribution in [0.4, 0.5) is 0 Å². The number of thiocarbonyl (C=S) groups is 1. The van der Waals surface area contributed by atoms with Gasteiger partial charge in [0.25, 0.3) is 5.91 Å². The summed E-state index contributed by atoms with van der Waals surface area (Å²) in [6.45, 7) is 0.479. The quantitative estimate of drug-likeness (QED) is 0.481. The molecule has 0 N–H and O–H groups in total. The molecule has 0 aromatic heterocycles. The van der Waals surface area contributed by atoms with Crippen molar-refractivity contribution in [3.05, 3.63) is 76.2 Å². The van der Waals surface area contributed by atoms with E-state index in [2.05, 4.69) is 0 Å². The third-order valence-corrected chi connectivity index (χ3v) is 4.81. The van der Waals surface area contributed by atoms with Crippen molar-refractivity contribution < 1.29 is 9.59 Å². The number of carbonyl (C=O) groups excluding carboxylic acids is 2. The summed E-state index contributed by atoms with van der Waals surface area (Å²) in [6, 6.07) is 16.8. The van der Waals surface area contributed by atoms with Gasteiger partial charge in [-0.25, -0.2) is 0 Å². The molecule has 1 fully saturated rings. The highest BCUT2D eigenvalue weighted by Gasteiger charge is 2.31. The first-order valence-corrected chi connectivity index (χ1v) is 8.24. The summed E-state index contributed by atoms with van der Waals surface area (Å²) in [4.78, 5) is 25.4. The van der Waals surface area contributed by atoms with E-state index in [0.29, 0.717) is 21.3 Å². The Morgan fingerprint density at radius 3 is 2.30 bits per heavy atom. The second kappa shape index (κ2) is 6.89. The highest BCUT2D eigenvalue weighted by molar-refractivity contribution is 8.26. The van der Waals surface area contributed by atoms with E-state index in [9.17, 15) is 9.59 Å². The van der Waals surface area contributed by atoms with Crippen molar-refractivity contribution in [2.45, 2.75) is 6.54 Å². The summed E-state index contributed by atoms with van der Waals surface area (Å²) in [5.74, 6) is -0.0803. The summed E-state index contributed by atoms with van der Waals surface area (Å²) in [5.41, 5.74) is 2.52. The fourth-order valence-corrected chi connectivity index (χ4v) is 3.48. The van der Waals surface area contributed by atoms with Crippen LogP contribution in [0.3, 0.4) is 0 Å². The molecule has 5 heteroatoms. The predicted octanol–water partition coefficient (Wildman–Crippen LogP) is 3.90. The molecule has 0 aliphatic carbocycles. The molecule has 3 rings (SSSR count). The molecule has 1 amide bonds. The van der Waals surface area contributed by atoms with E-state index < -0.39 is 0 Å². The molecule has 0 atom stereocenters. The fourth-order valence-electron chi connectivity index (χ4n) is 2.22. The van der Waals surface area contributed by atoms with Gasteiger partial charge >= 0.3 is 0 Å². The van der Waals surface area contributed by atoms with Gasteiger partial charge < -0.3 is 0 Å². The molecule has 2 aromatic rings. The molecule has 1 saturated heterocycles. The van der Waals surface area contributed by atoms with Gasteiger partial charge in [-0.05, 0) is 17.2 Å². The zero-order chi connectivity index (χ0) is 16.2. The van der Waals surface area contributed by atoms with Gasteiger partial charge in [-0.15, -0.1) is 0 Å². The van der Waals surface area contributed by atoms with Gasteiger partial charge in [-0.2, -0.15) is 0 Å². The van der Waals surface area contributed by atoms with Crippen molar-refractivity contribution in [2.75, 3.05) is 0 Å². The number of nitrogens with zero attached hydrogens (tertiary/aromatic N) is 1. The van der Waals surface area contributed by atoms with E-state index in [1.165, 1.54) is 11.8 Å². The Morgan fingerprint density at radius 2 is 1.65 bits per heavy atom. The topological polar surface area (TPSA) is 37.4 Å². The maximum atomic E-state index is 12.5. The first-order chi connectivity index (χ1) is 11.2. The summed E-state index contributed by atoms with van der Waals surface area (Å²) in [7, 11) is 0. The molecule has 2 aromatic carbocycles. The van der Waals surface area contributed by atoms with Gasteiger partial charge in [0.15, 0.2) is 0 Å². The molecule has 0 unspecified atom stereocenters. The standard InChI is InChI=1S/C18H13NO2S2/c20-12-15-8-6-13(7-9-15)10-16-17(21)19(18(22)23-16)11-14-4-2-1-3-5-14/h1-10,12H,11H2/b16-10+. The second-order valence-corrected chi connectivity index (χ2v) is 6.71. The minimum atomic E-state index is -0.0803. The number of carbonyl (C=O) groups is 2. The van der Waals surface area contributed by atoms with Crippen LogP contribution in [0.2, 0.25) is 0 Å². The van der Waals surface area contributed by atoms with E-state index in [4.69, 9.17) is 12.2 Å². The lowest BCUT2D eigenvalue weighted by Gasteiger charge is -2.14. The minimum absolute atomic E-state index is 0.0803. The number of benzene rings is 2. The van der Waals surface area contributed by atoms with Gasteiger partial charge in [0.1, 0.15) is 10.6 Å². The number of thioether (sulfide) groups is 1. The maximum Gasteiger partial charge on any atom is 0.266 e. The van der Waals surface area contributed by atoms with Crippen LogP contribution in [-0.4, -0.2) is 21.4 Å². The van der Waals surface area contributed by atoms with Gasteiger partial charge in [0, 0.05) is 5.56 Å². The summed E-state index contributed by atoms with van der Waals surface area (Å²) >= 11 is 6.64. The average Bonchev–Trinajstić information content (AvgIpc) is 2.84. The van der Waals surface area contributed by atoms with Crippen LogP contribution in [0, 0.1) is 0 Å². The Balaban J connectivity index is 1.79. The Labute approximate surface area is 144 Å². The Hall–Kier alpha value is -2.24. The first-order valence-electron chi connectivity index (χ1n) is 7.02. The lowest BCUT2D eigenvalue weighted by atomic mass is 10.1. The number of aldehydes is 1. The SMILES string of the molecule is O=Cc1ccc(/C=C2/SC(=S)N(Cc3ccccc3)C2=O)cc1. The summed E-state index contributed by atoms with van der Waals surface area (Å²) < 4.78 is 0.564. The second-order valence-electron chi connectivity index (χ2n) is 5.04. The highest BCUT2D eigenvalue weighted by atomic mass is 32.2. The van der Waals surface area contributed by atoms with E-state index in [1.54, 1.807) is 23.1 Å². The van der Waals surface area contributed by atoms with Crippen molar-refractivity contribution in [1.29, 1.82) is 0 Å². The first kappa shape index (κ1) is 15.6. The molecule has 1 aliphatic heterocycles. The normalized spacial score (nSPS) is 16.2. The maximum absolute atomic E-state index is 12.5. The van der Waals surface area contributed by atoms with Crippen LogP contribution in [0.25, 0.3) is 6.08 Å². The lowest BCUT2D eigenvalue weighted by Crippen LogP contribution is -2.27. The van der Waals surface area contributed by atoms with Crippen molar-refractivity contribution in [3.8, 4) is 0 Å². The number of amides is 1. The highest BCUT2D eigenvalue weighted by Crippen LogP contribution is 2.33. The van der Waals surface area contributed by atoms with Crippen LogP contribution < -0.4 is 0 Å². The molecular formula is C18H13NO2S2.